The van der Waals surface area contributed by atoms with Gasteiger partial charge in [-0.3, -0.25) is 9.59 Å². The first-order valence-electron chi connectivity index (χ1n) is 8.60. The number of carbonyl (C=O) groups is 2. The van der Waals surface area contributed by atoms with Gasteiger partial charge in [-0.15, -0.1) is 0 Å². The number of carbonyl (C=O) groups excluding carboxylic acids is 2. The van der Waals surface area contributed by atoms with Gasteiger partial charge in [-0.2, -0.15) is 0 Å². The molecule has 2 atom stereocenters. The standard InChI is InChI=1S/C17H30N2O2/c1-12(2)10-15-17(21)19(13(3)11-16(20)18-15)14-8-6-4-5-7-9-14/h12-15H,4-11H2,1-3H3,(H,18,20). The van der Waals surface area contributed by atoms with E-state index in [1.165, 1.54) is 25.7 Å². The number of rotatable bonds is 3. The molecule has 21 heavy (non-hydrogen) atoms. The molecule has 1 aliphatic heterocycles. The van der Waals surface area contributed by atoms with Crippen molar-refractivity contribution >= 4 is 11.8 Å². The molecule has 1 heterocycles. The molecule has 2 aliphatic rings. The highest BCUT2D eigenvalue weighted by atomic mass is 16.2. The minimum atomic E-state index is -0.328. The molecule has 1 saturated heterocycles. The minimum absolute atomic E-state index is 0.0256. The monoisotopic (exact) mass is 294 g/mol. The fourth-order valence-corrected chi connectivity index (χ4v) is 3.79. The van der Waals surface area contributed by atoms with Gasteiger partial charge in [-0.25, -0.2) is 0 Å². The number of nitrogens with one attached hydrogen (secondary N) is 1. The van der Waals surface area contributed by atoms with Crippen molar-refractivity contribution in [2.24, 2.45) is 5.92 Å². The average molecular weight is 294 g/mol. The molecule has 1 saturated carbocycles. The van der Waals surface area contributed by atoms with E-state index < -0.39 is 0 Å². The largest absolute Gasteiger partial charge is 0.344 e. The highest BCUT2D eigenvalue weighted by Gasteiger charge is 2.37. The van der Waals surface area contributed by atoms with Crippen molar-refractivity contribution in [1.29, 1.82) is 0 Å². The Morgan fingerprint density at radius 3 is 2.33 bits per heavy atom. The van der Waals surface area contributed by atoms with Gasteiger partial charge in [0.05, 0.1) is 0 Å². The lowest BCUT2D eigenvalue weighted by atomic mass is 9.99. The van der Waals surface area contributed by atoms with Crippen molar-refractivity contribution in [2.75, 3.05) is 0 Å². The summed E-state index contributed by atoms with van der Waals surface area (Å²) in [5, 5.41) is 2.94. The third-order valence-electron chi connectivity index (χ3n) is 4.77. The summed E-state index contributed by atoms with van der Waals surface area (Å²) < 4.78 is 0. The van der Waals surface area contributed by atoms with E-state index >= 15 is 0 Å². The van der Waals surface area contributed by atoms with Crippen LogP contribution in [0.2, 0.25) is 0 Å². The predicted molar refractivity (Wildman–Crippen MR) is 83.8 cm³/mol. The van der Waals surface area contributed by atoms with Crippen LogP contribution in [0.3, 0.4) is 0 Å². The van der Waals surface area contributed by atoms with Crippen molar-refractivity contribution in [1.82, 2.24) is 10.2 Å². The Bertz CT molecular complexity index is 373. The second kappa shape index (κ2) is 7.28. The van der Waals surface area contributed by atoms with Crippen LogP contribution in [0.4, 0.5) is 0 Å². The second-order valence-corrected chi connectivity index (χ2v) is 7.19. The molecule has 2 rings (SSSR count). The van der Waals surface area contributed by atoms with Gasteiger partial charge in [0, 0.05) is 18.5 Å². The molecule has 2 unspecified atom stereocenters. The molecule has 0 aromatic heterocycles. The summed E-state index contributed by atoms with van der Waals surface area (Å²) in [5.41, 5.74) is 0. The van der Waals surface area contributed by atoms with Crippen molar-refractivity contribution in [2.45, 2.75) is 90.3 Å². The Morgan fingerprint density at radius 1 is 1.14 bits per heavy atom. The van der Waals surface area contributed by atoms with Crippen LogP contribution in [0.25, 0.3) is 0 Å². The molecule has 4 heteroatoms. The molecule has 2 fully saturated rings. The average Bonchev–Trinajstić information content (AvgIpc) is 2.70. The van der Waals surface area contributed by atoms with Crippen molar-refractivity contribution < 1.29 is 9.59 Å². The van der Waals surface area contributed by atoms with Gasteiger partial charge in [-0.05, 0) is 32.1 Å². The second-order valence-electron chi connectivity index (χ2n) is 7.19. The maximum absolute atomic E-state index is 13.0. The molecule has 0 spiro atoms. The highest BCUT2D eigenvalue weighted by molar-refractivity contribution is 5.90. The lowest BCUT2D eigenvalue weighted by Crippen LogP contribution is -2.51. The first-order chi connectivity index (χ1) is 9.99. The zero-order valence-corrected chi connectivity index (χ0v) is 13.7. The van der Waals surface area contributed by atoms with E-state index in [2.05, 4.69) is 24.1 Å². The third-order valence-corrected chi connectivity index (χ3v) is 4.77. The molecule has 1 N–H and O–H groups in total. The van der Waals surface area contributed by atoms with Gasteiger partial charge in [0.1, 0.15) is 6.04 Å². The molecule has 0 aromatic rings. The molecule has 2 amide bonds. The van der Waals surface area contributed by atoms with E-state index in [1.807, 2.05) is 6.92 Å². The molecular weight excluding hydrogens is 264 g/mol. The molecule has 120 valence electrons. The van der Waals surface area contributed by atoms with Crippen LogP contribution in [0.5, 0.6) is 0 Å². The maximum Gasteiger partial charge on any atom is 0.245 e. The summed E-state index contributed by atoms with van der Waals surface area (Å²) in [5.74, 6) is 0.579. The number of amides is 2. The van der Waals surface area contributed by atoms with Gasteiger partial charge < -0.3 is 10.2 Å². The van der Waals surface area contributed by atoms with Gasteiger partial charge in [-0.1, -0.05) is 39.5 Å². The van der Waals surface area contributed by atoms with E-state index in [0.29, 0.717) is 18.4 Å². The summed E-state index contributed by atoms with van der Waals surface area (Å²) in [6.07, 6.45) is 8.34. The van der Waals surface area contributed by atoms with E-state index in [0.717, 1.165) is 19.3 Å². The SMILES string of the molecule is CC(C)CC1NC(=O)CC(C)N(C2CCCCCC2)C1=O. The number of hydrogen-bond acceptors (Lipinski definition) is 2. The normalized spacial score (nSPS) is 29.2. The predicted octanol–water partition coefficient (Wildman–Crippen LogP) is 2.86. The number of hydrogen-bond donors (Lipinski definition) is 1. The Hall–Kier alpha value is -1.06. The van der Waals surface area contributed by atoms with Crippen molar-refractivity contribution in [3.63, 3.8) is 0 Å². The minimum Gasteiger partial charge on any atom is -0.344 e. The molecule has 4 nitrogen and oxygen atoms in total. The van der Waals surface area contributed by atoms with Crippen LogP contribution in [0, 0.1) is 5.92 Å². The van der Waals surface area contributed by atoms with Crippen LogP contribution < -0.4 is 5.32 Å². The lowest BCUT2D eigenvalue weighted by molar-refractivity contribution is -0.138. The van der Waals surface area contributed by atoms with Crippen molar-refractivity contribution in [3.8, 4) is 0 Å². The van der Waals surface area contributed by atoms with Crippen LogP contribution in [0.1, 0.15) is 72.1 Å². The Labute approximate surface area is 128 Å². The molecular formula is C17H30N2O2. The van der Waals surface area contributed by atoms with E-state index in [-0.39, 0.29) is 23.9 Å². The van der Waals surface area contributed by atoms with Gasteiger partial charge in [0.15, 0.2) is 0 Å². The van der Waals surface area contributed by atoms with Crippen molar-refractivity contribution in [3.05, 3.63) is 0 Å². The Kier molecular flexibility index (Phi) is 5.65. The van der Waals surface area contributed by atoms with Gasteiger partial charge in [0.25, 0.3) is 0 Å². The summed E-state index contributed by atoms with van der Waals surface area (Å²) in [4.78, 5) is 27.0. The molecule has 1 aliphatic carbocycles. The summed E-state index contributed by atoms with van der Waals surface area (Å²) in [6, 6.07) is 0.0285. The summed E-state index contributed by atoms with van der Waals surface area (Å²) >= 11 is 0. The highest BCUT2D eigenvalue weighted by Crippen LogP contribution is 2.27. The zero-order chi connectivity index (χ0) is 15.4. The van der Waals surface area contributed by atoms with Crippen LogP contribution in [0.15, 0.2) is 0 Å². The van der Waals surface area contributed by atoms with E-state index in [1.54, 1.807) is 0 Å². The fourth-order valence-electron chi connectivity index (χ4n) is 3.79. The lowest BCUT2D eigenvalue weighted by Gasteiger charge is -2.36. The smallest absolute Gasteiger partial charge is 0.245 e. The van der Waals surface area contributed by atoms with Crippen LogP contribution in [-0.2, 0) is 9.59 Å². The van der Waals surface area contributed by atoms with Crippen LogP contribution in [-0.4, -0.2) is 34.8 Å². The first kappa shape index (κ1) is 16.3. The Morgan fingerprint density at radius 2 is 1.76 bits per heavy atom. The molecule has 0 radical (unpaired) electrons. The number of nitrogens with zero attached hydrogens (tertiary/aromatic N) is 1. The van der Waals surface area contributed by atoms with Gasteiger partial charge >= 0.3 is 0 Å². The van der Waals surface area contributed by atoms with Crippen LogP contribution >= 0.6 is 0 Å². The molecule has 0 aromatic carbocycles. The fraction of sp³-hybridized carbons (Fsp3) is 0.882. The zero-order valence-electron chi connectivity index (χ0n) is 13.7. The van der Waals surface area contributed by atoms with Gasteiger partial charge in [0.2, 0.25) is 11.8 Å². The topological polar surface area (TPSA) is 49.4 Å². The quantitative estimate of drug-likeness (QED) is 0.814. The first-order valence-corrected chi connectivity index (χ1v) is 8.60. The maximum atomic E-state index is 13.0. The van der Waals surface area contributed by atoms with E-state index in [4.69, 9.17) is 0 Å². The summed E-state index contributed by atoms with van der Waals surface area (Å²) in [7, 11) is 0. The van der Waals surface area contributed by atoms with E-state index in [9.17, 15) is 9.59 Å². The summed E-state index contributed by atoms with van der Waals surface area (Å²) in [6.45, 7) is 6.23. The Balaban J connectivity index is 2.18. The molecule has 0 bridgehead atoms. The third kappa shape index (κ3) is 4.21.